The summed E-state index contributed by atoms with van der Waals surface area (Å²) in [5, 5.41) is 13.3. The molecule has 0 heterocycles. The fourth-order valence-corrected chi connectivity index (χ4v) is 1.85. The highest BCUT2D eigenvalue weighted by Crippen LogP contribution is 2.16. The van der Waals surface area contributed by atoms with Gasteiger partial charge in [0.05, 0.1) is 4.92 Å². The van der Waals surface area contributed by atoms with Gasteiger partial charge in [0, 0.05) is 18.7 Å². The summed E-state index contributed by atoms with van der Waals surface area (Å²) in [6, 6.07) is 15.5. The summed E-state index contributed by atoms with van der Waals surface area (Å²) >= 11 is 0. The normalized spacial score (nSPS) is 10.0. The van der Waals surface area contributed by atoms with Crippen LogP contribution in [0.3, 0.4) is 0 Å². The number of ether oxygens (including phenoxy) is 1. The van der Waals surface area contributed by atoms with Crippen LogP contribution in [0.1, 0.15) is 5.56 Å². The van der Waals surface area contributed by atoms with E-state index < -0.39 is 4.92 Å². The molecule has 0 bridgehead atoms. The van der Waals surface area contributed by atoms with Crippen molar-refractivity contribution in [1.29, 1.82) is 0 Å². The Labute approximate surface area is 127 Å². The maximum atomic E-state index is 11.6. The molecule has 1 amide bonds. The molecule has 114 valence electrons. The minimum Gasteiger partial charge on any atom is -0.484 e. The largest absolute Gasteiger partial charge is 0.484 e. The molecule has 0 atom stereocenters. The number of non-ortho nitro benzene ring substituents is 1. The Morgan fingerprint density at radius 2 is 1.77 bits per heavy atom. The highest BCUT2D eigenvalue weighted by molar-refractivity contribution is 5.77. The van der Waals surface area contributed by atoms with Crippen molar-refractivity contribution in [2.24, 2.45) is 0 Å². The lowest BCUT2D eigenvalue weighted by Crippen LogP contribution is -2.30. The number of amides is 1. The summed E-state index contributed by atoms with van der Waals surface area (Å²) in [6.07, 6.45) is 0.754. The second-order valence-corrected chi connectivity index (χ2v) is 4.63. The van der Waals surface area contributed by atoms with E-state index in [1.165, 1.54) is 24.3 Å². The van der Waals surface area contributed by atoms with Gasteiger partial charge in [-0.25, -0.2) is 0 Å². The van der Waals surface area contributed by atoms with Crippen LogP contribution in [0.5, 0.6) is 5.75 Å². The molecule has 0 unspecified atom stereocenters. The fourth-order valence-electron chi connectivity index (χ4n) is 1.85. The third-order valence-electron chi connectivity index (χ3n) is 3.00. The summed E-state index contributed by atoms with van der Waals surface area (Å²) in [4.78, 5) is 21.7. The molecule has 2 rings (SSSR count). The highest BCUT2D eigenvalue weighted by atomic mass is 16.6. The van der Waals surface area contributed by atoms with Crippen LogP contribution in [0.2, 0.25) is 0 Å². The number of rotatable bonds is 7. The monoisotopic (exact) mass is 300 g/mol. The number of hydrogen-bond donors (Lipinski definition) is 1. The van der Waals surface area contributed by atoms with E-state index in [9.17, 15) is 14.9 Å². The Morgan fingerprint density at radius 1 is 1.09 bits per heavy atom. The van der Waals surface area contributed by atoms with E-state index >= 15 is 0 Å². The number of benzene rings is 2. The molecule has 0 aliphatic carbocycles. The van der Waals surface area contributed by atoms with Gasteiger partial charge in [0.1, 0.15) is 5.75 Å². The number of nitrogens with one attached hydrogen (secondary N) is 1. The lowest BCUT2D eigenvalue weighted by molar-refractivity contribution is -0.384. The Balaban J connectivity index is 1.70. The summed E-state index contributed by atoms with van der Waals surface area (Å²) in [5.41, 5.74) is 1.14. The molecule has 0 saturated heterocycles. The summed E-state index contributed by atoms with van der Waals surface area (Å²) in [7, 11) is 0. The second-order valence-electron chi connectivity index (χ2n) is 4.63. The van der Waals surface area contributed by atoms with Crippen LogP contribution in [0, 0.1) is 10.1 Å². The van der Waals surface area contributed by atoms with Crippen LogP contribution in [0.25, 0.3) is 0 Å². The summed E-state index contributed by atoms with van der Waals surface area (Å²) in [6.45, 7) is 0.416. The van der Waals surface area contributed by atoms with Crippen molar-refractivity contribution in [2.75, 3.05) is 13.2 Å². The maximum absolute atomic E-state index is 11.6. The minimum absolute atomic E-state index is 0.0142. The van der Waals surface area contributed by atoms with Crippen molar-refractivity contribution in [1.82, 2.24) is 5.32 Å². The molecule has 0 radical (unpaired) electrons. The third kappa shape index (κ3) is 4.90. The van der Waals surface area contributed by atoms with Gasteiger partial charge >= 0.3 is 0 Å². The van der Waals surface area contributed by atoms with Crippen LogP contribution >= 0.6 is 0 Å². The van der Waals surface area contributed by atoms with Crippen molar-refractivity contribution in [2.45, 2.75) is 6.42 Å². The van der Waals surface area contributed by atoms with Gasteiger partial charge < -0.3 is 10.1 Å². The average molecular weight is 300 g/mol. The number of nitro benzene ring substituents is 1. The molecule has 0 aliphatic rings. The molecule has 0 spiro atoms. The van der Waals surface area contributed by atoms with E-state index in [4.69, 9.17) is 4.74 Å². The molecule has 0 aromatic heterocycles. The molecule has 6 nitrogen and oxygen atoms in total. The first-order valence-corrected chi connectivity index (χ1v) is 6.83. The summed E-state index contributed by atoms with van der Waals surface area (Å²) in [5.74, 6) is 0.193. The Hall–Kier alpha value is -2.89. The quantitative estimate of drug-likeness (QED) is 0.628. The van der Waals surface area contributed by atoms with Crippen molar-refractivity contribution >= 4 is 11.6 Å². The lowest BCUT2D eigenvalue weighted by atomic mass is 10.1. The third-order valence-corrected chi connectivity index (χ3v) is 3.00. The Bertz CT molecular complexity index is 626. The van der Waals surface area contributed by atoms with E-state index in [0.717, 1.165) is 12.0 Å². The zero-order valence-electron chi connectivity index (χ0n) is 11.9. The molecule has 22 heavy (non-hydrogen) atoms. The first-order chi connectivity index (χ1) is 10.6. The second kappa shape index (κ2) is 7.78. The molecule has 2 aromatic carbocycles. The topological polar surface area (TPSA) is 81.5 Å². The van der Waals surface area contributed by atoms with Gasteiger partial charge in [-0.15, -0.1) is 0 Å². The SMILES string of the molecule is O=C(COc1ccc([N+](=O)[O-])cc1)NCCc1ccccc1. The van der Waals surface area contributed by atoms with Crippen molar-refractivity contribution < 1.29 is 14.5 Å². The van der Waals surface area contributed by atoms with Crippen molar-refractivity contribution in [3.63, 3.8) is 0 Å². The van der Waals surface area contributed by atoms with Crippen molar-refractivity contribution in [3.8, 4) is 5.75 Å². The number of hydrogen-bond acceptors (Lipinski definition) is 4. The molecular formula is C16H16N2O4. The standard InChI is InChI=1S/C16H16N2O4/c19-16(17-11-10-13-4-2-1-3-5-13)12-22-15-8-6-14(7-9-15)18(20)21/h1-9H,10-12H2,(H,17,19). The average Bonchev–Trinajstić information content (AvgIpc) is 2.54. The predicted molar refractivity (Wildman–Crippen MR) is 81.7 cm³/mol. The first kappa shape index (κ1) is 15.5. The summed E-state index contributed by atoms with van der Waals surface area (Å²) < 4.78 is 5.27. The van der Waals surface area contributed by atoms with Gasteiger partial charge in [-0.1, -0.05) is 30.3 Å². The molecule has 2 aromatic rings. The number of carbonyl (C=O) groups is 1. The van der Waals surface area contributed by atoms with Crippen LogP contribution in [0.4, 0.5) is 5.69 Å². The molecule has 1 N–H and O–H groups in total. The van der Waals surface area contributed by atoms with E-state index in [0.29, 0.717) is 12.3 Å². The first-order valence-electron chi connectivity index (χ1n) is 6.83. The van der Waals surface area contributed by atoms with E-state index in [1.54, 1.807) is 0 Å². The van der Waals surface area contributed by atoms with E-state index in [-0.39, 0.29) is 18.2 Å². The molecule has 0 fully saturated rings. The van der Waals surface area contributed by atoms with Crippen molar-refractivity contribution in [3.05, 3.63) is 70.3 Å². The highest BCUT2D eigenvalue weighted by Gasteiger charge is 2.06. The van der Waals surface area contributed by atoms with E-state index in [1.807, 2.05) is 30.3 Å². The fraction of sp³-hybridized carbons (Fsp3) is 0.188. The van der Waals surface area contributed by atoms with Gasteiger partial charge in [0.25, 0.3) is 11.6 Å². The van der Waals surface area contributed by atoms with Gasteiger partial charge in [-0.3, -0.25) is 14.9 Å². The van der Waals surface area contributed by atoms with Crippen LogP contribution < -0.4 is 10.1 Å². The van der Waals surface area contributed by atoms with Gasteiger partial charge in [0.2, 0.25) is 0 Å². The molecule has 0 aliphatic heterocycles. The van der Waals surface area contributed by atoms with Crippen LogP contribution in [-0.4, -0.2) is 24.0 Å². The molecular weight excluding hydrogens is 284 g/mol. The molecule has 0 saturated carbocycles. The molecule has 6 heteroatoms. The Morgan fingerprint density at radius 3 is 2.41 bits per heavy atom. The van der Waals surface area contributed by atoms with Gasteiger partial charge in [-0.2, -0.15) is 0 Å². The lowest BCUT2D eigenvalue weighted by Gasteiger charge is -2.07. The van der Waals surface area contributed by atoms with Gasteiger partial charge in [0.15, 0.2) is 6.61 Å². The number of nitro groups is 1. The minimum atomic E-state index is -0.486. The number of nitrogens with zero attached hydrogens (tertiary/aromatic N) is 1. The zero-order chi connectivity index (χ0) is 15.8. The van der Waals surface area contributed by atoms with E-state index in [2.05, 4.69) is 5.32 Å². The van der Waals surface area contributed by atoms with Gasteiger partial charge in [-0.05, 0) is 24.1 Å². The smallest absolute Gasteiger partial charge is 0.269 e. The Kier molecular flexibility index (Phi) is 5.48. The maximum Gasteiger partial charge on any atom is 0.269 e. The van der Waals surface area contributed by atoms with Crippen LogP contribution in [-0.2, 0) is 11.2 Å². The zero-order valence-corrected chi connectivity index (χ0v) is 11.9. The predicted octanol–water partition coefficient (Wildman–Crippen LogP) is 2.33. The number of carbonyl (C=O) groups excluding carboxylic acids is 1. The van der Waals surface area contributed by atoms with Crippen LogP contribution in [0.15, 0.2) is 54.6 Å².